The van der Waals surface area contributed by atoms with Crippen molar-refractivity contribution in [3.05, 3.63) is 23.1 Å². The molecule has 0 N–H and O–H groups in total. The average molecular weight is 268 g/mol. The van der Waals surface area contributed by atoms with Gasteiger partial charge in [0.15, 0.2) is 11.5 Å². The van der Waals surface area contributed by atoms with Gasteiger partial charge in [-0.25, -0.2) is 0 Å². The summed E-state index contributed by atoms with van der Waals surface area (Å²) in [6.07, 6.45) is 0. The van der Waals surface area contributed by atoms with Gasteiger partial charge < -0.3 is 9.47 Å². The minimum atomic E-state index is 0.790. The first-order chi connectivity index (χ1) is 8.74. The molecule has 0 saturated carbocycles. The predicted octanol–water partition coefficient (Wildman–Crippen LogP) is 5.28. The van der Waals surface area contributed by atoms with E-state index >= 15 is 0 Å². The summed E-state index contributed by atoms with van der Waals surface area (Å²) in [4.78, 5) is 1.30. The molecule has 0 amide bonds. The fraction of sp³-hybridized carbons (Fsp3) is 0.467. The highest BCUT2D eigenvalue weighted by molar-refractivity contribution is 7.19. The van der Waals surface area contributed by atoms with Gasteiger partial charge in [0, 0.05) is 15.6 Å². The molecule has 0 unspecified atom stereocenters. The van der Waals surface area contributed by atoms with Gasteiger partial charge in [0.2, 0.25) is 0 Å². The van der Waals surface area contributed by atoms with E-state index in [0.29, 0.717) is 0 Å². The fourth-order valence-corrected chi connectivity index (χ4v) is 2.43. The summed E-state index contributed by atoms with van der Waals surface area (Å²) < 4.78 is 11.7. The molecule has 1 heterocycles. The minimum absolute atomic E-state index is 0.790. The Balaban J connectivity index is 0.000000659. The highest BCUT2D eigenvalue weighted by atomic mass is 32.1. The summed E-state index contributed by atoms with van der Waals surface area (Å²) in [6.45, 7) is 10.1. The van der Waals surface area contributed by atoms with Crippen molar-refractivity contribution in [2.45, 2.75) is 34.6 Å². The van der Waals surface area contributed by atoms with Gasteiger partial charge in [0.1, 0.15) is 0 Å². The van der Waals surface area contributed by atoms with Gasteiger partial charge in [-0.2, -0.15) is 0 Å². The van der Waals surface area contributed by atoms with Crippen LogP contribution in [0.1, 0.15) is 32.6 Å². The average Bonchev–Trinajstić information content (AvgIpc) is 2.80. The molecule has 0 bridgehead atoms. The van der Waals surface area contributed by atoms with Gasteiger partial charge >= 0.3 is 0 Å². The molecule has 1 aromatic heterocycles. The molecule has 2 rings (SSSR count). The minimum Gasteiger partial charge on any atom is -0.493 e. The number of benzene rings is 1. The predicted molar refractivity (Wildman–Crippen MR) is 82.4 cm³/mol. The fourth-order valence-electron chi connectivity index (χ4n) is 1.50. The van der Waals surface area contributed by atoms with Crippen LogP contribution in [0.3, 0.4) is 0 Å². The standard InChI is InChI=1S/C11H12O2S.2C2H6/c1-7-4-8-5-9(12-2)10(13-3)6-11(8)14-7;2*1-2/h4-6H,1-3H3;2*1-2H3. The van der Waals surface area contributed by atoms with Gasteiger partial charge in [0.05, 0.1) is 14.2 Å². The third kappa shape index (κ3) is 3.91. The first-order valence-electron chi connectivity index (χ1n) is 6.37. The van der Waals surface area contributed by atoms with Crippen molar-refractivity contribution in [1.29, 1.82) is 0 Å². The van der Waals surface area contributed by atoms with E-state index in [4.69, 9.17) is 9.47 Å². The van der Waals surface area contributed by atoms with Crippen LogP contribution < -0.4 is 9.47 Å². The summed E-state index contributed by atoms with van der Waals surface area (Å²) in [7, 11) is 3.31. The number of hydrogen-bond acceptors (Lipinski definition) is 3. The van der Waals surface area contributed by atoms with Crippen LogP contribution >= 0.6 is 11.3 Å². The molecule has 0 aliphatic heterocycles. The molecule has 0 aliphatic rings. The summed E-state index contributed by atoms with van der Waals surface area (Å²) in [5.74, 6) is 1.58. The molecule has 0 atom stereocenters. The summed E-state index contributed by atoms with van der Waals surface area (Å²) in [6, 6.07) is 6.19. The van der Waals surface area contributed by atoms with E-state index in [0.717, 1.165) is 11.5 Å². The van der Waals surface area contributed by atoms with Crippen molar-refractivity contribution in [2.24, 2.45) is 0 Å². The lowest BCUT2D eigenvalue weighted by molar-refractivity contribution is 0.356. The van der Waals surface area contributed by atoms with Gasteiger partial charge in [-0.1, -0.05) is 27.7 Å². The number of aryl methyl sites for hydroxylation is 1. The van der Waals surface area contributed by atoms with Crippen molar-refractivity contribution in [2.75, 3.05) is 14.2 Å². The van der Waals surface area contributed by atoms with Crippen LogP contribution in [-0.4, -0.2) is 14.2 Å². The van der Waals surface area contributed by atoms with Crippen LogP contribution in [0.25, 0.3) is 10.1 Å². The second-order valence-corrected chi connectivity index (χ2v) is 4.39. The second-order valence-electron chi connectivity index (χ2n) is 3.10. The molecular weight excluding hydrogens is 244 g/mol. The van der Waals surface area contributed by atoms with E-state index in [1.165, 1.54) is 15.0 Å². The number of thiophene rings is 1. The summed E-state index contributed by atoms with van der Waals surface area (Å²) in [5.41, 5.74) is 0. The first kappa shape index (κ1) is 16.8. The lowest BCUT2D eigenvalue weighted by Crippen LogP contribution is -1.89. The van der Waals surface area contributed by atoms with Crippen LogP contribution in [0.2, 0.25) is 0 Å². The molecule has 0 spiro atoms. The van der Waals surface area contributed by atoms with Crippen molar-refractivity contribution in [1.82, 2.24) is 0 Å². The zero-order chi connectivity index (χ0) is 14.1. The number of hydrogen-bond donors (Lipinski definition) is 0. The Hall–Kier alpha value is -1.22. The van der Waals surface area contributed by atoms with Gasteiger partial charge in [-0.15, -0.1) is 11.3 Å². The summed E-state index contributed by atoms with van der Waals surface area (Å²) >= 11 is 1.77. The van der Waals surface area contributed by atoms with Crippen molar-refractivity contribution in [3.8, 4) is 11.5 Å². The van der Waals surface area contributed by atoms with Crippen LogP contribution in [0.15, 0.2) is 18.2 Å². The number of rotatable bonds is 2. The topological polar surface area (TPSA) is 18.5 Å². The van der Waals surface area contributed by atoms with E-state index in [9.17, 15) is 0 Å². The van der Waals surface area contributed by atoms with E-state index in [2.05, 4.69) is 13.0 Å². The van der Waals surface area contributed by atoms with E-state index in [1.807, 2.05) is 39.8 Å². The van der Waals surface area contributed by atoms with E-state index in [-0.39, 0.29) is 0 Å². The quantitative estimate of drug-likeness (QED) is 0.737. The molecule has 3 heteroatoms. The lowest BCUT2D eigenvalue weighted by Gasteiger charge is -2.06. The Morgan fingerprint density at radius 1 is 0.833 bits per heavy atom. The largest absolute Gasteiger partial charge is 0.493 e. The molecule has 2 aromatic rings. The Bertz CT molecular complexity index is 420. The number of methoxy groups -OCH3 is 2. The maximum Gasteiger partial charge on any atom is 0.162 e. The third-order valence-corrected chi connectivity index (χ3v) is 3.16. The lowest BCUT2D eigenvalue weighted by atomic mass is 10.2. The Kier molecular flexibility index (Phi) is 8.21. The van der Waals surface area contributed by atoms with E-state index in [1.54, 1.807) is 25.6 Å². The van der Waals surface area contributed by atoms with Crippen molar-refractivity contribution >= 4 is 21.4 Å². The summed E-state index contributed by atoms with van der Waals surface area (Å²) in [5, 5.41) is 1.21. The molecule has 0 radical (unpaired) electrons. The van der Waals surface area contributed by atoms with Crippen LogP contribution in [0, 0.1) is 6.92 Å². The Labute approximate surface area is 115 Å². The number of fused-ring (bicyclic) bond motifs is 1. The van der Waals surface area contributed by atoms with Gasteiger partial charge in [0.25, 0.3) is 0 Å². The highest BCUT2D eigenvalue weighted by Crippen LogP contribution is 2.35. The first-order valence-corrected chi connectivity index (χ1v) is 7.18. The van der Waals surface area contributed by atoms with Crippen LogP contribution in [-0.2, 0) is 0 Å². The number of ether oxygens (including phenoxy) is 2. The smallest absolute Gasteiger partial charge is 0.162 e. The van der Waals surface area contributed by atoms with Crippen LogP contribution in [0.4, 0.5) is 0 Å². The molecule has 0 aliphatic carbocycles. The Morgan fingerprint density at radius 2 is 1.33 bits per heavy atom. The molecule has 102 valence electrons. The molecule has 18 heavy (non-hydrogen) atoms. The zero-order valence-corrected chi connectivity index (χ0v) is 13.3. The SMILES string of the molecule is CC.CC.COc1cc2cc(C)sc2cc1OC. The Morgan fingerprint density at radius 3 is 1.83 bits per heavy atom. The molecule has 0 saturated heterocycles. The maximum absolute atomic E-state index is 5.24. The second kappa shape index (κ2) is 8.81. The molecule has 1 aromatic carbocycles. The third-order valence-electron chi connectivity index (χ3n) is 2.15. The zero-order valence-electron chi connectivity index (χ0n) is 12.5. The van der Waals surface area contributed by atoms with Crippen molar-refractivity contribution < 1.29 is 9.47 Å². The molecule has 2 nitrogen and oxygen atoms in total. The molecule has 0 fully saturated rings. The highest BCUT2D eigenvalue weighted by Gasteiger charge is 2.07. The van der Waals surface area contributed by atoms with Gasteiger partial charge in [-0.05, 0) is 24.4 Å². The van der Waals surface area contributed by atoms with Gasteiger partial charge in [-0.3, -0.25) is 0 Å². The molecular formula is C15H24O2S. The monoisotopic (exact) mass is 268 g/mol. The van der Waals surface area contributed by atoms with E-state index < -0.39 is 0 Å². The van der Waals surface area contributed by atoms with Crippen molar-refractivity contribution in [3.63, 3.8) is 0 Å². The normalized spacial score (nSPS) is 8.83. The maximum atomic E-state index is 5.24. The van der Waals surface area contributed by atoms with Crippen LogP contribution in [0.5, 0.6) is 11.5 Å².